The predicted molar refractivity (Wildman–Crippen MR) is 89.5 cm³/mol. The maximum atomic E-state index is 12.3. The Bertz CT molecular complexity index is 654. The number of carbonyl (C=O) groups is 2. The number of nitrogens with one attached hydrogen (secondary N) is 1. The normalized spacial score (nSPS) is 10.0. The highest BCUT2D eigenvalue weighted by Gasteiger charge is 2.13. The van der Waals surface area contributed by atoms with Crippen molar-refractivity contribution >= 4 is 17.7 Å². The van der Waals surface area contributed by atoms with Gasteiger partial charge in [-0.3, -0.25) is 4.90 Å². The molecule has 5 heteroatoms. The van der Waals surface area contributed by atoms with Crippen molar-refractivity contribution in [2.75, 3.05) is 18.6 Å². The van der Waals surface area contributed by atoms with Crippen LogP contribution in [0.1, 0.15) is 22.8 Å². The Morgan fingerprint density at radius 2 is 1.70 bits per heavy atom. The van der Waals surface area contributed by atoms with Gasteiger partial charge in [0.2, 0.25) is 0 Å². The van der Waals surface area contributed by atoms with Gasteiger partial charge < -0.3 is 10.1 Å². The van der Waals surface area contributed by atoms with Gasteiger partial charge in [0.05, 0.1) is 12.7 Å². The molecule has 1 N–H and O–H groups in total. The van der Waals surface area contributed by atoms with E-state index in [1.54, 1.807) is 29.2 Å². The molecule has 0 aromatic heterocycles. The highest BCUT2D eigenvalue weighted by atomic mass is 16.5. The molecule has 5 nitrogen and oxygen atoms in total. The summed E-state index contributed by atoms with van der Waals surface area (Å²) in [5.74, 6) is -0.373. The molecule has 0 aliphatic heterocycles. The molecule has 0 bridgehead atoms. The predicted octanol–water partition coefficient (Wildman–Crippen LogP) is 3.21. The smallest absolute Gasteiger partial charge is 0.337 e. The molecule has 2 amide bonds. The lowest BCUT2D eigenvalue weighted by atomic mass is 10.1. The third-order valence-electron chi connectivity index (χ3n) is 3.45. The molecule has 120 valence electrons. The minimum atomic E-state index is -0.373. The average molecular weight is 312 g/mol. The van der Waals surface area contributed by atoms with Crippen molar-refractivity contribution in [1.29, 1.82) is 0 Å². The van der Waals surface area contributed by atoms with Crippen LogP contribution in [0.5, 0.6) is 0 Å². The van der Waals surface area contributed by atoms with Crippen LogP contribution >= 0.6 is 0 Å². The van der Waals surface area contributed by atoms with E-state index < -0.39 is 0 Å². The fraction of sp³-hybridized carbons (Fsp3) is 0.222. The number of hydrogen-bond donors (Lipinski definition) is 1. The molecule has 0 spiro atoms. The van der Waals surface area contributed by atoms with E-state index in [4.69, 9.17) is 0 Å². The second-order valence-electron chi connectivity index (χ2n) is 4.93. The van der Waals surface area contributed by atoms with Crippen molar-refractivity contribution < 1.29 is 14.3 Å². The molecule has 0 saturated carbocycles. The van der Waals surface area contributed by atoms with E-state index in [9.17, 15) is 9.59 Å². The van der Waals surface area contributed by atoms with Gasteiger partial charge in [-0.05, 0) is 36.8 Å². The Hall–Kier alpha value is -2.82. The molecular weight excluding hydrogens is 292 g/mol. The molecule has 0 aliphatic rings. The van der Waals surface area contributed by atoms with Crippen molar-refractivity contribution in [2.24, 2.45) is 0 Å². The maximum Gasteiger partial charge on any atom is 0.337 e. The highest BCUT2D eigenvalue weighted by Crippen LogP contribution is 2.13. The van der Waals surface area contributed by atoms with E-state index in [0.717, 1.165) is 11.3 Å². The molecule has 2 aromatic rings. The summed E-state index contributed by atoms with van der Waals surface area (Å²) in [6.45, 7) is 2.90. The van der Waals surface area contributed by atoms with Gasteiger partial charge in [-0.1, -0.05) is 30.3 Å². The summed E-state index contributed by atoms with van der Waals surface area (Å²) in [5.41, 5.74) is 2.26. The monoisotopic (exact) mass is 312 g/mol. The zero-order chi connectivity index (χ0) is 16.7. The number of anilines is 1. The van der Waals surface area contributed by atoms with Gasteiger partial charge in [-0.25, -0.2) is 9.59 Å². The van der Waals surface area contributed by atoms with E-state index in [-0.39, 0.29) is 12.0 Å². The summed E-state index contributed by atoms with van der Waals surface area (Å²) >= 11 is 0. The molecule has 0 fully saturated rings. The average Bonchev–Trinajstić information content (AvgIpc) is 2.61. The third-order valence-corrected chi connectivity index (χ3v) is 3.45. The number of para-hydroxylation sites is 1. The lowest BCUT2D eigenvalue weighted by Gasteiger charge is -2.21. The Labute approximate surface area is 135 Å². The number of carbonyl (C=O) groups excluding carboxylic acids is 2. The zero-order valence-electron chi connectivity index (χ0n) is 13.3. The summed E-state index contributed by atoms with van der Waals surface area (Å²) in [6, 6.07) is 16.3. The quantitative estimate of drug-likeness (QED) is 0.863. The van der Waals surface area contributed by atoms with Crippen LogP contribution in [0.15, 0.2) is 54.6 Å². The second-order valence-corrected chi connectivity index (χ2v) is 4.93. The van der Waals surface area contributed by atoms with Crippen LogP contribution in [0.2, 0.25) is 0 Å². The van der Waals surface area contributed by atoms with Crippen LogP contribution in [0.3, 0.4) is 0 Å². The number of rotatable bonds is 5. The van der Waals surface area contributed by atoms with Crippen LogP contribution in [0.4, 0.5) is 10.5 Å². The molecule has 0 radical (unpaired) electrons. The van der Waals surface area contributed by atoms with Gasteiger partial charge >= 0.3 is 12.0 Å². The number of nitrogens with zero attached hydrogens (tertiary/aromatic N) is 1. The first-order chi connectivity index (χ1) is 11.2. The molecular formula is C18H20N2O3. The Kier molecular flexibility index (Phi) is 5.74. The van der Waals surface area contributed by atoms with E-state index in [1.807, 2.05) is 37.3 Å². The molecule has 2 rings (SSSR count). The van der Waals surface area contributed by atoms with E-state index in [2.05, 4.69) is 10.1 Å². The summed E-state index contributed by atoms with van der Waals surface area (Å²) in [5, 5.41) is 2.88. The van der Waals surface area contributed by atoms with Crippen LogP contribution < -0.4 is 10.2 Å². The van der Waals surface area contributed by atoms with Crippen molar-refractivity contribution in [3.63, 3.8) is 0 Å². The summed E-state index contributed by atoms with van der Waals surface area (Å²) < 4.78 is 4.65. The van der Waals surface area contributed by atoms with Gasteiger partial charge in [0.1, 0.15) is 0 Å². The number of esters is 1. The Balaban J connectivity index is 1.97. The molecule has 2 aromatic carbocycles. The molecule has 0 unspecified atom stereocenters. The Morgan fingerprint density at radius 3 is 2.26 bits per heavy atom. The van der Waals surface area contributed by atoms with Crippen LogP contribution in [0.25, 0.3) is 0 Å². The fourth-order valence-corrected chi connectivity index (χ4v) is 2.20. The van der Waals surface area contributed by atoms with E-state index in [1.165, 1.54) is 7.11 Å². The minimum Gasteiger partial charge on any atom is -0.465 e. The van der Waals surface area contributed by atoms with Crippen LogP contribution in [-0.4, -0.2) is 25.7 Å². The second kappa shape index (κ2) is 7.98. The van der Waals surface area contributed by atoms with Gasteiger partial charge in [-0.15, -0.1) is 0 Å². The van der Waals surface area contributed by atoms with Gasteiger partial charge in [-0.2, -0.15) is 0 Å². The van der Waals surface area contributed by atoms with E-state index >= 15 is 0 Å². The van der Waals surface area contributed by atoms with Crippen LogP contribution in [-0.2, 0) is 11.3 Å². The number of amides is 2. The molecule has 0 heterocycles. The number of urea groups is 1. The first-order valence-corrected chi connectivity index (χ1v) is 7.43. The zero-order valence-corrected chi connectivity index (χ0v) is 13.3. The molecule has 23 heavy (non-hydrogen) atoms. The topological polar surface area (TPSA) is 58.6 Å². The van der Waals surface area contributed by atoms with Gasteiger partial charge in [0, 0.05) is 18.8 Å². The van der Waals surface area contributed by atoms with Crippen molar-refractivity contribution in [2.45, 2.75) is 13.5 Å². The van der Waals surface area contributed by atoms with E-state index in [0.29, 0.717) is 18.7 Å². The number of ether oxygens (including phenoxy) is 1. The van der Waals surface area contributed by atoms with Crippen molar-refractivity contribution in [3.8, 4) is 0 Å². The first-order valence-electron chi connectivity index (χ1n) is 7.43. The Morgan fingerprint density at radius 1 is 1.04 bits per heavy atom. The first kappa shape index (κ1) is 16.5. The lowest BCUT2D eigenvalue weighted by molar-refractivity contribution is 0.0600. The molecule has 0 atom stereocenters. The lowest BCUT2D eigenvalue weighted by Crippen LogP contribution is -2.39. The minimum absolute atomic E-state index is 0.157. The SMILES string of the molecule is CCN(C(=O)NCc1ccc(C(=O)OC)cc1)c1ccccc1. The summed E-state index contributed by atoms with van der Waals surface area (Å²) in [7, 11) is 1.35. The largest absolute Gasteiger partial charge is 0.465 e. The van der Waals surface area contributed by atoms with Crippen molar-refractivity contribution in [3.05, 3.63) is 65.7 Å². The van der Waals surface area contributed by atoms with Crippen LogP contribution in [0, 0.1) is 0 Å². The summed E-state index contributed by atoms with van der Waals surface area (Å²) in [4.78, 5) is 25.4. The number of benzene rings is 2. The fourth-order valence-electron chi connectivity index (χ4n) is 2.20. The van der Waals surface area contributed by atoms with Gasteiger partial charge in [0.25, 0.3) is 0 Å². The maximum absolute atomic E-state index is 12.3. The standard InChI is InChI=1S/C18H20N2O3/c1-3-20(16-7-5-4-6-8-16)18(22)19-13-14-9-11-15(12-10-14)17(21)23-2/h4-12H,3,13H2,1-2H3,(H,19,22). The van der Waals surface area contributed by atoms with Gasteiger partial charge in [0.15, 0.2) is 0 Å². The van der Waals surface area contributed by atoms with Crippen molar-refractivity contribution in [1.82, 2.24) is 5.32 Å². The number of methoxy groups -OCH3 is 1. The molecule has 0 saturated heterocycles. The third kappa shape index (κ3) is 4.32. The number of hydrogen-bond acceptors (Lipinski definition) is 3. The molecule has 0 aliphatic carbocycles. The highest BCUT2D eigenvalue weighted by molar-refractivity contribution is 5.92. The summed E-state index contributed by atoms with van der Waals surface area (Å²) in [6.07, 6.45) is 0.